The summed E-state index contributed by atoms with van der Waals surface area (Å²) in [6, 6.07) is 11.1. The maximum absolute atomic E-state index is 12.8. The number of hydrogen-bond acceptors (Lipinski definition) is 8. The number of nitro groups is 1. The molecular formula is C24H28N6O5S. The van der Waals surface area contributed by atoms with E-state index in [1.807, 2.05) is 32.9 Å². The number of aromatic nitrogens is 3. The Morgan fingerprint density at radius 1 is 1.17 bits per heavy atom. The Kier molecular flexibility index (Phi) is 8.64. The molecule has 3 aromatic rings. The highest BCUT2D eigenvalue weighted by atomic mass is 32.2. The average Bonchev–Trinajstić information content (AvgIpc) is 3.21. The molecule has 0 spiro atoms. The van der Waals surface area contributed by atoms with Crippen LogP contribution in [-0.2, 0) is 11.8 Å². The highest BCUT2D eigenvalue weighted by Crippen LogP contribution is 2.29. The first-order valence-electron chi connectivity index (χ1n) is 11.1. The monoisotopic (exact) mass is 512 g/mol. The molecule has 0 radical (unpaired) electrons. The summed E-state index contributed by atoms with van der Waals surface area (Å²) in [4.78, 5) is 36.0. The van der Waals surface area contributed by atoms with Gasteiger partial charge in [0.05, 0.1) is 29.9 Å². The molecule has 0 aliphatic carbocycles. The van der Waals surface area contributed by atoms with E-state index in [-0.39, 0.29) is 29.0 Å². The van der Waals surface area contributed by atoms with Gasteiger partial charge in [0.25, 0.3) is 11.6 Å². The number of carbonyl (C=O) groups excluding carboxylic acids is 2. The SMILES string of the molecule is COc1ccc(NC(=O)CSc2nnc([C@@H](NC(=O)c3ccc(C)cc3)C(C)C)n2C)c([N+](=O)[O-])c1. The molecular weight excluding hydrogens is 484 g/mol. The number of thioether (sulfide) groups is 1. The summed E-state index contributed by atoms with van der Waals surface area (Å²) >= 11 is 1.13. The lowest BCUT2D eigenvalue weighted by Crippen LogP contribution is -2.33. The van der Waals surface area contributed by atoms with Gasteiger partial charge in [0, 0.05) is 12.6 Å². The van der Waals surface area contributed by atoms with Crippen LogP contribution < -0.4 is 15.4 Å². The zero-order valence-electron chi connectivity index (χ0n) is 20.6. The highest BCUT2D eigenvalue weighted by Gasteiger charge is 2.26. The topological polar surface area (TPSA) is 141 Å². The molecule has 11 nitrogen and oxygen atoms in total. The molecule has 190 valence electrons. The van der Waals surface area contributed by atoms with E-state index in [4.69, 9.17) is 4.74 Å². The van der Waals surface area contributed by atoms with Crippen molar-refractivity contribution in [1.29, 1.82) is 0 Å². The summed E-state index contributed by atoms with van der Waals surface area (Å²) in [7, 11) is 3.16. The van der Waals surface area contributed by atoms with Crippen molar-refractivity contribution in [3.63, 3.8) is 0 Å². The predicted octanol–water partition coefficient (Wildman–Crippen LogP) is 3.90. The smallest absolute Gasteiger partial charge is 0.296 e. The molecule has 1 heterocycles. The molecule has 0 fully saturated rings. The van der Waals surface area contributed by atoms with Crippen LogP contribution in [-0.4, -0.2) is 44.4 Å². The van der Waals surface area contributed by atoms with Gasteiger partial charge in [0.1, 0.15) is 11.4 Å². The van der Waals surface area contributed by atoms with Crippen molar-refractivity contribution in [3.8, 4) is 5.75 Å². The fourth-order valence-electron chi connectivity index (χ4n) is 3.39. The molecule has 2 aromatic carbocycles. The minimum Gasteiger partial charge on any atom is -0.496 e. The van der Waals surface area contributed by atoms with Gasteiger partial charge in [0.15, 0.2) is 11.0 Å². The van der Waals surface area contributed by atoms with Crippen molar-refractivity contribution in [3.05, 3.63) is 69.5 Å². The molecule has 0 saturated carbocycles. The van der Waals surface area contributed by atoms with E-state index < -0.39 is 16.9 Å². The molecule has 0 saturated heterocycles. The number of anilines is 1. The lowest BCUT2D eigenvalue weighted by Gasteiger charge is -2.21. The number of amides is 2. The second-order valence-electron chi connectivity index (χ2n) is 8.44. The maximum Gasteiger partial charge on any atom is 0.296 e. The first-order valence-corrected chi connectivity index (χ1v) is 12.1. The average molecular weight is 513 g/mol. The van der Waals surface area contributed by atoms with Crippen LogP contribution in [0.25, 0.3) is 0 Å². The number of ether oxygens (including phenoxy) is 1. The van der Waals surface area contributed by atoms with Crippen LogP contribution in [0.5, 0.6) is 5.75 Å². The molecule has 36 heavy (non-hydrogen) atoms. The summed E-state index contributed by atoms with van der Waals surface area (Å²) in [5.41, 5.74) is 1.42. The van der Waals surface area contributed by atoms with Crippen LogP contribution in [0.1, 0.15) is 41.6 Å². The Balaban J connectivity index is 1.68. The molecule has 0 unspecified atom stereocenters. The van der Waals surface area contributed by atoms with Crippen LogP contribution in [0.2, 0.25) is 0 Å². The lowest BCUT2D eigenvalue weighted by atomic mass is 10.0. The van der Waals surface area contributed by atoms with E-state index in [0.29, 0.717) is 22.3 Å². The van der Waals surface area contributed by atoms with Crippen LogP contribution in [0, 0.1) is 23.0 Å². The number of nitrogens with zero attached hydrogens (tertiary/aromatic N) is 4. The van der Waals surface area contributed by atoms with Gasteiger partial charge >= 0.3 is 0 Å². The standard InChI is InChI=1S/C24H28N6O5S/c1-14(2)21(26-23(32)16-8-6-15(3)7-9-16)22-27-28-24(29(22)4)36-13-20(31)25-18-11-10-17(35-5)12-19(18)30(33)34/h6-12,14,21H,13H2,1-5H3,(H,25,31)(H,26,32)/t21-/m0/s1. The van der Waals surface area contributed by atoms with E-state index in [2.05, 4.69) is 20.8 Å². The Hall–Kier alpha value is -3.93. The van der Waals surface area contributed by atoms with Crippen molar-refractivity contribution < 1.29 is 19.2 Å². The molecule has 2 N–H and O–H groups in total. The molecule has 0 bridgehead atoms. The number of aryl methyl sites for hydroxylation is 1. The second kappa shape index (κ2) is 11.7. The van der Waals surface area contributed by atoms with Gasteiger partial charge in [-0.15, -0.1) is 10.2 Å². The normalized spacial score (nSPS) is 11.7. The molecule has 3 rings (SSSR count). The first-order chi connectivity index (χ1) is 17.1. The van der Waals surface area contributed by atoms with Gasteiger partial charge in [-0.2, -0.15) is 0 Å². The second-order valence-corrected chi connectivity index (χ2v) is 9.38. The van der Waals surface area contributed by atoms with Crippen molar-refractivity contribution in [2.24, 2.45) is 13.0 Å². The number of nitro benzene ring substituents is 1. The maximum atomic E-state index is 12.8. The zero-order valence-corrected chi connectivity index (χ0v) is 21.5. The molecule has 0 aliphatic heterocycles. The van der Waals surface area contributed by atoms with Crippen LogP contribution in [0.4, 0.5) is 11.4 Å². The highest BCUT2D eigenvalue weighted by molar-refractivity contribution is 7.99. The van der Waals surface area contributed by atoms with Crippen LogP contribution >= 0.6 is 11.8 Å². The molecule has 1 aromatic heterocycles. The van der Waals surface area contributed by atoms with Gasteiger partial charge in [-0.25, -0.2) is 0 Å². The fourth-order valence-corrected chi connectivity index (χ4v) is 4.11. The van der Waals surface area contributed by atoms with Crippen LogP contribution in [0.15, 0.2) is 47.6 Å². The van der Waals surface area contributed by atoms with Gasteiger partial charge in [-0.05, 0) is 37.1 Å². The fraction of sp³-hybridized carbons (Fsp3) is 0.333. The number of methoxy groups -OCH3 is 1. The number of carbonyl (C=O) groups is 2. The van der Waals surface area contributed by atoms with Crippen LogP contribution in [0.3, 0.4) is 0 Å². The summed E-state index contributed by atoms with van der Waals surface area (Å²) in [6.45, 7) is 5.89. The van der Waals surface area contributed by atoms with Crippen molar-refractivity contribution in [2.75, 3.05) is 18.2 Å². The van der Waals surface area contributed by atoms with Gasteiger partial charge in [0.2, 0.25) is 5.91 Å². The third kappa shape index (κ3) is 6.39. The third-order valence-corrected chi connectivity index (χ3v) is 6.44. The number of benzene rings is 2. The summed E-state index contributed by atoms with van der Waals surface area (Å²) < 4.78 is 6.74. The van der Waals surface area contributed by atoms with Crippen molar-refractivity contribution in [2.45, 2.75) is 32.0 Å². The van der Waals surface area contributed by atoms with E-state index in [0.717, 1.165) is 17.3 Å². The largest absolute Gasteiger partial charge is 0.496 e. The van der Waals surface area contributed by atoms with Crippen molar-refractivity contribution in [1.82, 2.24) is 20.1 Å². The minimum absolute atomic E-state index is 0.0269. The molecule has 12 heteroatoms. The van der Waals surface area contributed by atoms with Gasteiger partial charge in [-0.3, -0.25) is 19.7 Å². The third-order valence-electron chi connectivity index (χ3n) is 5.42. The molecule has 0 aliphatic rings. The Bertz CT molecular complexity index is 1260. The Morgan fingerprint density at radius 3 is 2.47 bits per heavy atom. The lowest BCUT2D eigenvalue weighted by molar-refractivity contribution is -0.384. The summed E-state index contributed by atoms with van der Waals surface area (Å²) in [5, 5.41) is 25.8. The quantitative estimate of drug-likeness (QED) is 0.237. The Morgan fingerprint density at radius 2 is 1.86 bits per heavy atom. The van der Waals surface area contributed by atoms with E-state index in [1.54, 1.807) is 23.7 Å². The molecule has 1 atom stereocenters. The summed E-state index contributed by atoms with van der Waals surface area (Å²) in [5.74, 6) is 0.197. The number of nitrogens with one attached hydrogen (secondary N) is 2. The van der Waals surface area contributed by atoms with E-state index in [1.165, 1.54) is 25.3 Å². The first kappa shape index (κ1) is 26.7. The van der Waals surface area contributed by atoms with Crippen molar-refractivity contribution >= 4 is 35.0 Å². The zero-order chi connectivity index (χ0) is 26.4. The van der Waals surface area contributed by atoms with E-state index >= 15 is 0 Å². The number of hydrogen-bond donors (Lipinski definition) is 2. The van der Waals surface area contributed by atoms with E-state index in [9.17, 15) is 19.7 Å². The predicted molar refractivity (Wildman–Crippen MR) is 136 cm³/mol. The summed E-state index contributed by atoms with van der Waals surface area (Å²) in [6.07, 6.45) is 0. The number of rotatable bonds is 10. The van der Waals surface area contributed by atoms with Gasteiger partial charge < -0.3 is 19.9 Å². The minimum atomic E-state index is -0.586. The van der Waals surface area contributed by atoms with Gasteiger partial charge in [-0.1, -0.05) is 43.3 Å². The Labute approximate surface area is 212 Å². The molecule has 2 amide bonds.